The number of ether oxygens (including phenoxy) is 1. The highest BCUT2D eigenvalue weighted by Crippen LogP contribution is 2.28. The van der Waals surface area contributed by atoms with Gasteiger partial charge in [0.15, 0.2) is 0 Å². The molecular weight excluding hydrogens is 230 g/mol. The topological polar surface area (TPSA) is 21.3 Å². The predicted molar refractivity (Wildman–Crippen MR) is 76.0 cm³/mol. The summed E-state index contributed by atoms with van der Waals surface area (Å²) in [6, 6.07) is 8.74. The molecule has 0 fully saturated rings. The van der Waals surface area contributed by atoms with E-state index in [2.05, 4.69) is 38.2 Å². The number of benzene rings is 1. The van der Waals surface area contributed by atoms with Gasteiger partial charge in [-0.2, -0.15) is 0 Å². The lowest BCUT2D eigenvalue weighted by Crippen LogP contribution is -2.32. The Bertz CT molecular complexity index is 328. The second-order valence-electron chi connectivity index (χ2n) is 4.49. The lowest BCUT2D eigenvalue weighted by atomic mass is 10.1. The van der Waals surface area contributed by atoms with Crippen molar-refractivity contribution in [1.29, 1.82) is 0 Å². The monoisotopic (exact) mass is 253 g/mol. The fourth-order valence-electron chi connectivity index (χ4n) is 1.42. The highest BCUT2D eigenvalue weighted by Gasteiger charge is 2.06. The van der Waals surface area contributed by atoms with Crippen LogP contribution in [0.25, 0.3) is 0 Å². The molecule has 1 unspecified atom stereocenters. The van der Waals surface area contributed by atoms with Crippen LogP contribution >= 0.6 is 11.8 Å². The first-order chi connectivity index (χ1) is 8.15. The fraction of sp³-hybridized carbons (Fsp3) is 0.571. The molecule has 96 valence electrons. The zero-order valence-corrected chi connectivity index (χ0v) is 12.0. The summed E-state index contributed by atoms with van der Waals surface area (Å²) < 4.78 is 5.32. The molecule has 0 aromatic heterocycles. The molecular formula is C14H23NOS. The summed E-state index contributed by atoms with van der Waals surface area (Å²) in [5.41, 5.74) is 0. The summed E-state index contributed by atoms with van der Waals surface area (Å²) in [6.45, 7) is 7.75. The van der Waals surface area contributed by atoms with Gasteiger partial charge in [-0.25, -0.2) is 0 Å². The molecule has 2 nitrogen and oxygen atoms in total. The van der Waals surface area contributed by atoms with E-state index in [4.69, 9.17) is 4.74 Å². The van der Waals surface area contributed by atoms with Gasteiger partial charge < -0.3 is 10.1 Å². The molecule has 0 saturated heterocycles. The molecule has 17 heavy (non-hydrogen) atoms. The van der Waals surface area contributed by atoms with Gasteiger partial charge in [0, 0.05) is 23.2 Å². The molecule has 0 heterocycles. The maximum atomic E-state index is 5.32. The summed E-state index contributed by atoms with van der Waals surface area (Å²) in [4.78, 5) is 1.22. The third-order valence-electron chi connectivity index (χ3n) is 2.90. The van der Waals surface area contributed by atoms with E-state index in [1.54, 1.807) is 7.11 Å². The number of methoxy groups -OCH3 is 1. The predicted octanol–water partition coefficient (Wildman–Crippen LogP) is 3.42. The molecule has 0 spiro atoms. The molecule has 0 aliphatic rings. The van der Waals surface area contributed by atoms with E-state index in [-0.39, 0.29) is 0 Å². The number of thioether (sulfide) groups is 1. The van der Waals surface area contributed by atoms with E-state index in [9.17, 15) is 0 Å². The van der Waals surface area contributed by atoms with Gasteiger partial charge in [0.2, 0.25) is 0 Å². The van der Waals surface area contributed by atoms with Gasteiger partial charge in [-0.3, -0.25) is 0 Å². The number of rotatable bonds is 7. The van der Waals surface area contributed by atoms with Gasteiger partial charge >= 0.3 is 0 Å². The highest BCUT2D eigenvalue weighted by molar-refractivity contribution is 7.99. The van der Waals surface area contributed by atoms with E-state index in [1.807, 2.05) is 23.9 Å². The van der Waals surface area contributed by atoms with Gasteiger partial charge in [0.1, 0.15) is 5.75 Å². The van der Waals surface area contributed by atoms with Gasteiger partial charge in [0.25, 0.3) is 0 Å². The molecule has 0 amide bonds. The zero-order chi connectivity index (χ0) is 12.7. The van der Waals surface area contributed by atoms with Gasteiger partial charge in [-0.15, -0.1) is 11.8 Å². The number of hydrogen-bond acceptors (Lipinski definition) is 3. The number of hydrogen-bond donors (Lipinski definition) is 1. The van der Waals surface area contributed by atoms with Crippen molar-refractivity contribution in [3.05, 3.63) is 24.3 Å². The van der Waals surface area contributed by atoms with Crippen LogP contribution < -0.4 is 10.1 Å². The van der Waals surface area contributed by atoms with Crippen LogP contribution in [-0.2, 0) is 0 Å². The molecule has 1 N–H and O–H groups in total. The molecule has 0 aliphatic carbocycles. The average Bonchev–Trinajstić information content (AvgIpc) is 2.34. The summed E-state index contributed by atoms with van der Waals surface area (Å²) in [5, 5.41) is 3.53. The number of nitrogens with one attached hydrogen (secondary N) is 1. The highest BCUT2D eigenvalue weighted by atomic mass is 32.2. The molecule has 1 aromatic carbocycles. The van der Waals surface area contributed by atoms with E-state index in [0.717, 1.165) is 18.0 Å². The SMILES string of the molecule is COc1ccccc1SCCNC(C)C(C)C. The van der Waals surface area contributed by atoms with Crippen LogP contribution in [0.15, 0.2) is 29.2 Å². The minimum Gasteiger partial charge on any atom is -0.496 e. The van der Waals surface area contributed by atoms with Crippen LogP contribution in [0.3, 0.4) is 0 Å². The first-order valence-electron chi connectivity index (χ1n) is 6.14. The lowest BCUT2D eigenvalue weighted by Gasteiger charge is -2.17. The minimum absolute atomic E-state index is 0.577. The van der Waals surface area contributed by atoms with E-state index in [1.165, 1.54) is 4.90 Å². The van der Waals surface area contributed by atoms with Gasteiger partial charge in [-0.05, 0) is 25.0 Å². The molecule has 1 aromatic rings. The van der Waals surface area contributed by atoms with Crippen LogP contribution in [0.4, 0.5) is 0 Å². The Kier molecular flexibility index (Phi) is 6.45. The van der Waals surface area contributed by atoms with Crippen molar-refractivity contribution in [1.82, 2.24) is 5.32 Å². The zero-order valence-electron chi connectivity index (χ0n) is 11.2. The third kappa shape index (κ3) is 5.00. The van der Waals surface area contributed by atoms with E-state index in [0.29, 0.717) is 12.0 Å². The van der Waals surface area contributed by atoms with Crippen molar-refractivity contribution in [2.75, 3.05) is 19.4 Å². The fourth-order valence-corrected chi connectivity index (χ4v) is 2.33. The molecule has 0 bridgehead atoms. The summed E-state index contributed by atoms with van der Waals surface area (Å²) >= 11 is 1.84. The van der Waals surface area contributed by atoms with Crippen molar-refractivity contribution in [2.45, 2.75) is 31.7 Å². The molecule has 0 saturated carbocycles. The Hall–Kier alpha value is -0.670. The Morgan fingerprint density at radius 3 is 2.59 bits per heavy atom. The standard InChI is InChI=1S/C14H23NOS/c1-11(2)12(3)15-9-10-17-14-8-6-5-7-13(14)16-4/h5-8,11-12,15H,9-10H2,1-4H3. The maximum absolute atomic E-state index is 5.32. The van der Waals surface area contributed by atoms with Crippen molar-refractivity contribution in [2.24, 2.45) is 5.92 Å². The van der Waals surface area contributed by atoms with Crippen LogP contribution in [-0.4, -0.2) is 25.4 Å². The van der Waals surface area contributed by atoms with Crippen LogP contribution in [0.2, 0.25) is 0 Å². The van der Waals surface area contributed by atoms with Crippen molar-refractivity contribution in [3.8, 4) is 5.75 Å². The Labute approximate surface area is 109 Å². The largest absolute Gasteiger partial charge is 0.496 e. The van der Waals surface area contributed by atoms with Crippen LogP contribution in [0.1, 0.15) is 20.8 Å². The van der Waals surface area contributed by atoms with E-state index < -0.39 is 0 Å². The third-order valence-corrected chi connectivity index (χ3v) is 3.95. The molecule has 1 atom stereocenters. The molecule has 3 heteroatoms. The van der Waals surface area contributed by atoms with E-state index >= 15 is 0 Å². The second-order valence-corrected chi connectivity index (χ2v) is 5.62. The summed E-state index contributed by atoms with van der Waals surface area (Å²) in [5.74, 6) is 2.72. The Morgan fingerprint density at radius 1 is 1.24 bits per heavy atom. The summed E-state index contributed by atoms with van der Waals surface area (Å²) in [7, 11) is 1.72. The first-order valence-corrected chi connectivity index (χ1v) is 7.13. The lowest BCUT2D eigenvalue weighted by molar-refractivity contribution is 0.404. The second kappa shape index (κ2) is 7.62. The van der Waals surface area contributed by atoms with Crippen LogP contribution in [0.5, 0.6) is 5.75 Å². The Morgan fingerprint density at radius 2 is 1.94 bits per heavy atom. The smallest absolute Gasteiger partial charge is 0.132 e. The quantitative estimate of drug-likeness (QED) is 0.594. The maximum Gasteiger partial charge on any atom is 0.132 e. The van der Waals surface area contributed by atoms with Crippen molar-refractivity contribution in [3.63, 3.8) is 0 Å². The average molecular weight is 253 g/mol. The van der Waals surface area contributed by atoms with Crippen molar-refractivity contribution < 1.29 is 4.74 Å². The normalized spacial score (nSPS) is 12.8. The molecule has 0 aliphatic heterocycles. The van der Waals surface area contributed by atoms with Crippen molar-refractivity contribution >= 4 is 11.8 Å². The Balaban J connectivity index is 2.31. The first kappa shape index (κ1) is 14.4. The van der Waals surface area contributed by atoms with Gasteiger partial charge in [-0.1, -0.05) is 26.0 Å². The molecule has 1 rings (SSSR count). The molecule has 0 radical (unpaired) electrons. The number of para-hydroxylation sites is 1. The summed E-state index contributed by atoms with van der Waals surface area (Å²) in [6.07, 6.45) is 0. The van der Waals surface area contributed by atoms with Gasteiger partial charge in [0.05, 0.1) is 7.11 Å². The van der Waals surface area contributed by atoms with Crippen LogP contribution in [0, 0.1) is 5.92 Å². The minimum atomic E-state index is 0.577.